The second-order valence-electron chi connectivity index (χ2n) is 11.0. The summed E-state index contributed by atoms with van der Waals surface area (Å²) in [5.74, 6) is -8.41. The Labute approximate surface area is 257 Å². The van der Waals surface area contributed by atoms with E-state index in [9.17, 15) is 35.6 Å². The van der Waals surface area contributed by atoms with Crippen LogP contribution in [-0.2, 0) is 28.4 Å². The van der Waals surface area contributed by atoms with Crippen LogP contribution in [0.2, 0.25) is 0 Å². The Morgan fingerprint density at radius 1 is 0.978 bits per heavy atom. The van der Waals surface area contributed by atoms with E-state index < -0.39 is 57.2 Å². The van der Waals surface area contributed by atoms with E-state index in [2.05, 4.69) is 10.1 Å². The van der Waals surface area contributed by atoms with Gasteiger partial charge < -0.3 is 4.90 Å². The molecule has 2 heterocycles. The fraction of sp³-hybridized carbons (Fsp3) is 0.355. The molecule has 1 saturated carbocycles. The number of hydrogen-bond acceptors (Lipinski definition) is 6. The number of fused-ring (bicyclic) bond motifs is 1. The first-order chi connectivity index (χ1) is 21.4. The molecule has 238 valence electrons. The molecule has 0 N–H and O–H groups in total. The molecule has 0 aliphatic heterocycles. The number of likely N-dealkylation sites (N-methyl/N-ethyl adjacent to an activating group) is 1. The summed E-state index contributed by atoms with van der Waals surface area (Å²) in [6, 6.07) is 8.16. The molecule has 0 spiro atoms. The molecule has 2 aromatic heterocycles. The van der Waals surface area contributed by atoms with Crippen LogP contribution < -0.4 is 10.5 Å². The van der Waals surface area contributed by atoms with Crippen LogP contribution in [-0.4, -0.2) is 46.5 Å². The van der Waals surface area contributed by atoms with Gasteiger partial charge in [0.2, 0.25) is 15.9 Å². The summed E-state index contributed by atoms with van der Waals surface area (Å²) in [6.45, 7) is -0.195. The summed E-state index contributed by atoms with van der Waals surface area (Å²) in [5.41, 5.74) is 1.45. The predicted octanol–water partition coefficient (Wildman–Crippen LogP) is 5.18. The molecule has 14 heteroatoms. The topological polar surface area (TPSA) is 105 Å². The minimum atomic E-state index is -5.22. The number of rotatable bonds is 9. The van der Waals surface area contributed by atoms with Crippen LogP contribution in [0.1, 0.15) is 56.2 Å². The summed E-state index contributed by atoms with van der Waals surface area (Å²) < 4.78 is 85.1. The standard InChI is InChI=1S/C31H31F4N5O4S/c1-3-39(45(43,44)30-28(34)25(32)14-26(33)29(30)35)18-27(41)40(23-11-12-24-21(13-23)16-37-38(2)31(24)42)17-22-10-9-20(15-36-22)19-7-5-4-6-8-19/h9-16,19H,3-8,17-18H2,1-2H3. The summed E-state index contributed by atoms with van der Waals surface area (Å²) in [4.78, 5) is 30.3. The van der Waals surface area contributed by atoms with Gasteiger partial charge in [0.15, 0.2) is 28.2 Å². The molecule has 1 aliphatic carbocycles. The van der Waals surface area contributed by atoms with Crippen LogP contribution in [0.15, 0.2) is 58.5 Å². The highest BCUT2D eigenvalue weighted by Gasteiger charge is 2.36. The third-order valence-electron chi connectivity index (χ3n) is 8.12. The van der Waals surface area contributed by atoms with Crippen molar-refractivity contribution in [3.05, 3.63) is 93.7 Å². The Morgan fingerprint density at radius 3 is 2.29 bits per heavy atom. The van der Waals surface area contributed by atoms with Crippen molar-refractivity contribution in [2.45, 2.75) is 56.4 Å². The van der Waals surface area contributed by atoms with Crippen molar-refractivity contribution in [2.75, 3.05) is 18.0 Å². The molecule has 5 rings (SSSR count). The first kappa shape index (κ1) is 32.2. The molecule has 0 bridgehead atoms. The van der Waals surface area contributed by atoms with E-state index >= 15 is 0 Å². The maximum absolute atomic E-state index is 14.5. The molecule has 1 fully saturated rings. The second kappa shape index (κ2) is 13.1. The van der Waals surface area contributed by atoms with Crippen molar-refractivity contribution in [1.29, 1.82) is 0 Å². The highest BCUT2D eigenvalue weighted by molar-refractivity contribution is 7.89. The van der Waals surface area contributed by atoms with E-state index in [1.807, 2.05) is 6.07 Å². The van der Waals surface area contributed by atoms with Crippen molar-refractivity contribution in [1.82, 2.24) is 19.1 Å². The van der Waals surface area contributed by atoms with Gasteiger partial charge in [-0.1, -0.05) is 32.3 Å². The predicted molar refractivity (Wildman–Crippen MR) is 159 cm³/mol. The van der Waals surface area contributed by atoms with E-state index in [4.69, 9.17) is 0 Å². The number of benzene rings is 2. The van der Waals surface area contributed by atoms with Gasteiger partial charge in [0.05, 0.1) is 30.4 Å². The molecule has 2 aromatic carbocycles. The number of amides is 1. The number of aryl methyl sites for hydroxylation is 1. The van der Waals surface area contributed by atoms with E-state index in [1.165, 1.54) is 49.7 Å². The van der Waals surface area contributed by atoms with Crippen molar-refractivity contribution in [3.8, 4) is 0 Å². The largest absolute Gasteiger partial charge is 0.305 e. The molecule has 9 nitrogen and oxygen atoms in total. The average Bonchev–Trinajstić information content (AvgIpc) is 3.03. The highest BCUT2D eigenvalue weighted by Crippen LogP contribution is 2.33. The molecular weight excluding hydrogens is 614 g/mol. The van der Waals surface area contributed by atoms with Gasteiger partial charge in [-0.15, -0.1) is 0 Å². The lowest BCUT2D eigenvalue weighted by Crippen LogP contribution is -2.43. The zero-order valence-electron chi connectivity index (χ0n) is 24.6. The smallest absolute Gasteiger partial charge is 0.274 e. The van der Waals surface area contributed by atoms with Crippen molar-refractivity contribution >= 4 is 32.4 Å². The van der Waals surface area contributed by atoms with E-state index in [-0.39, 0.29) is 23.9 Å². The Balaban J connectivity index is 1.51. The zero-order valence-corrected chi connectivity index (χ0v) is 25.5. The molecule has 0 atom stereocenters. The summed E-state index contributed by atoms with van der Waals surface area (Å²) in [6.07, 6.45) is 8.80. The second-order valence-corrected chi connectivity index (χ2v) is 12.8. The number of aromatic nitrogens is 3. The van der Waals surface area contributed by atoms with Gasteiger partial charge in [-0.3, -0.25) is 14.6 Å². The quantitative estimate of drug-likeness (QED) is 0.184. The summed E-state index contributed by atoms with van der Waals surface area (Å²) in [5, 5.41) is 4.76. The van der Waals surface area contributed by atoms with Crippen molar-refractivity contribution in [3.63, 3.8) is 0 Å². The molecule has 1 aliphatic rings. The molecule has 0 radical (unpaired) electrons. The van der Waals surface area contributed by atoms with Gasteiger partial charge in [-0.2, -0.15) is 9.40 Å². The third-order valence-corrected chi connectivity index (χ3v) is 10.1. The highest BCUT2D eigenvalue weighted by atomic mass is 32.2. The van der Waals surface area contributed by atoms with Crippen molar-refractivity contribution < 1.29 is 30.8 Å². The molecule has 1 amide bonds. The fourth-order valence-corrected chi connectivity index (χ4v) is 7.12. The number of pyridine rings is 1. The lowest BCUT2D eigenvalue weighted by molar-refractivity contribution is -0.119. The number of carbonyl (C=O) groups excluding carboxylic acids is 1. The monoisotopic (exact) mass is 645 g/mol. The number of sulfonamides is 1. The Hall–Kier alpha value is -4.17. The van der Waals surface area contributed by atoms with Crippen LogP contribution in [0.4, 0.5) is 23.2 Å². The van der Waals surface area contributed by atoms with Gasteiger partial charge in [-0.05, 0) is 48.6 Å². The van der Waals surface area contributed by atoms with Crippen molar-refractivity contribution in [2.24, 2.45) is 7.05 Å². The van der Waals surface area contributed by atoms with Gasteiger partial charge in [-0.25, -0.2) is 30.7 Å². The minimum absolute atomic E-state index is 0.0959. The number of nitrogens with zero attached hydrogens (tertiary/aromatic N) is 5. The van der Waals surface area contributed by atoms with Crippen LogP contribution in [0, 0.1) is 23.3 Å². The Morgan fingerprint density at radius 2 is 1.67 bits per heavy atom. The first-order valence-electron chi connectivity index (χ1n) is 14.5. The normalized spacial score (nSPS) is 14.3. The lowest BCUT2D eigenvalue weighted by Gasteiger charge is -2.27. The third kappa shape index (κ3) is 6.47. The van der Waals surface area contributed by atoms with E-state index in [1.54, 1.807) is 12.3 Å². The van der Waals surface area contributed by atoms with Crippen LogP contribution in [0.25, 0.3) is 10.8 Å². The van der Waals surface area contributed by atoms with E-state index in [0.717, 1.165) is 35.9 Å². The fourth-order valence-electron chi connectivity index (χ4n) is 5.60. The van der Waals surface area contributed by atoms with Gasteiger partial charge in [0.1, 0.15) is 0 Å². The molecule has 45 heavy (non-hydrogen) atoms. The van der Waals surface area contributed by atoms with E-state index in [0.29, 0.717) is 26.7 Å². The number of anilines is 1. The van der Waals surface area contributed by atoms with Gasteiger partial charge in [0, 0.05) is 36.9 Å². The van der Waals surface area contributed by atoms with Gasteiger partial charge >= 0.3 is 0 Å². The molecule has 0 unspecified atom stereocenters. The summed E-state index contributed by atoms with van der Waals surface area (Å²) in [7, 11) is -3.73. The lowest BCUT2D eigenvalue weighted by atomic mass is 9.85. The minimum Gasteiger partial charge on any atom is -0.305 e. The Bertz CT molecular complexity index is 1890. The van der Waals surface area contributed by atoms with Crippen LogP contribution in [0.3, 0.4) is 0 Å². The zero-order chi connectivity index (χ0) is 32.5. The number of hydrogen-bond donors (Lipinski definition) is 0. The Kier molecular flexibility index (Phi) is 9.35. The van der Waals surface area contributed by atoms with Gasteiger partial charge in [0.25, 0.3) is 5.56 Å². The van der Waals surface area contributed by atoms with Crippen LogP contribution in [0.5, 0.6) is 0 Å². The maximum Gasteiger partial charge on any atom is 0.274 e. The molecular formula is C31H31F4N5O4S. The number of halogens is 4. The maximum atomic E-state index is 14.5. The SMILES string of the molecule is CCN(CC(=O)N(Cc1ccc(C2CCCCC2)cn1)c1ccc2c(=O)n(C)ncc2c1)S(=O)(=O)c1c(F)c(F)cc(F)c1F. The molecule has 0 saturated heterocycles. The average molecular weight is 646 g/mol. The molecule has 4 aromatic rings. The number of carbonyl (C=O) groups is 1. The summed E-state index contributed by atoms with van der Waals surface area (Å²) >= 11 is 0. The first-order valence-corrected chi connectivity index (χ1v) is 15.9. The van der Waals surface area contributed by atoms with Crippen LogP contribution >= 0.6 is 0 Å².